The molecule has 0 bridgehead atoms. The Balaban J connectivity index is 1.84. The summed E-state index contributed by atoms with van der Waals surface area (Å²) >= 11 is 0. The lowest BCUT2D eigenvalue weighted by molar-refractivity contribution is 0.0949. The van der Waals surface area contributed by atoms with E-state index in [1.807, 2.05) is 0 Å². The fraction of sp³-hybridized carbons (Fsp3) is 0.556. The van der Waals surface area contributed by atoms with Crippen molar-refractivity contribution in [3.63, 3.8) is 0 Å². The lowest BCUT2D eigenvalue weighted by Crippen LogP contribution is -2.30. The van der Waals surface area contributed by atoms with Crippen LogP contribution in [0.25, 0.3) is 0 Å². The number of anilines is 1. The van der Waals surface area contributed by atoms with E-state index in [1.165, 1.54) is 6.20 Å². The van der Waals surface area contributed by atoms with E-state index in [2.05, 4.69) is 20.8 Å². The van der Waals surface area contributed by atoms with Crippen LogP contribution in [0.3, 0.4) is 0 Å². The molecule has 2 heterocycles. The van der Waals surface area contributed by atoms with Crippen molar-refractivity contribution in [1.29, 1.82) is 0 Å². The number of carbonyl (C=O) groups excluding carboxylic acids is 1. The lowest BCUT2D eigenvalue weighted by atomic mass is 10.1. The van der Waals surface area contributed by atoms with Gasteiger partial charge in [0.05, 0.1) is 6.20 Å². The second-order valence-corrected chi connectivity index (χ2v) is 3.77. The first kappa shape index (κ1) is 9.97. The van der Waals surface area contributed by atoms with E-state index in [9.17, 15) is 4.79 Å². The third kappa shape index (κ3) is 2.27. The smallest absolute Gasteiger partial charge is 0.256 e. The van der Waals surface area contributed by atoms with E-state index in [1.54, 1.807) is 0 Å². The number of hydrogen-bond donors (Lipinski definition) is 4. The standard InChI is InChI=1S/C9H15N5O/c10-8-7(5-13-14-8)9(15)12-4-6-1-2-11-3-6/h5-6,11H,1-4H2,(H,12,15)(H3,10,13,14). The van der Waals surface area contributed by atoms with E-state index in [0.717, 1.165) is 19.5 Å². The van der Waals surface area contributed by atoms with Crippen molar-refractivity contribution in [2.45, 2.75) is 6.42 Å². The number of amides is 1. The molecule has 1 aliphatic rings. The molecule has 15 heavy (non-hydrogen) atoms. The number of nitrogen functional groups attached to an aromatic ring is 1. The van der Waals surface area contributed by atoms with Crippen LogP contribution in [0, 0.1) is 5.92 Å². The summed E-state index contributed by atoms with van der Waals surface area (Å²) in [7, 11) is 0. The molecule has 1 atom stereocenters. The number of hydrogen-bond acceptors (Lipinski definition) is 4. The summed E-state index contributed by atoms with van der Waals surface area (Å²) in [4.78, 5) is 11.6. The summed E-state index contributed by atoms with van der Waals surface area (Å²) in [6.07, 6.45) is 2.55. The topological polar surface area (TPSA) is 95.8 Å². The van der Waals surface area contributed by atoms with Crippen LogP contribution in [0.1, 0.15) is 16.8 Å². The van der Waals surface area contributed by atoms with Gasteiger partial charge in [0.15, 0.2) is 0 Å². The number of aromatic nitrogens is 2. The van der Waals surface area contributed by atoms with Crippen molar-refractivity contribution in [3.8, 4) is 0 Å². The van der Waals surface area contributed by atoms with Crippen molar-refractivity contribution < 1.29 is 4.79 Å². The van der Waals surface area contributed by atoms with Gasteiger partial charge in [-0.05, 0) is 25.4 Å². The summed E-state index contributed by atoms with van der Waals surface area (Å²) in [5, 5.41) is 12.3. The average Bonchev–Trinajstić information content (AvgIpc) is 2.84. The Bertz CT molecular complexity index is 342. The van der Waals surface area contributed by atoms with Gasteiger partial charge >= 0.3 is 0 Å². The van der Waals surface area contributed by atoms with Crippen molar-refractivity contribution in [2.75, 3.05) is 25.4 Å². The van der Waals surface area contributed by atoms with Crippen LogP contribution < -0.4 is 16.4 Å². The molecule has 5 N–H and O–H groups in total. The number of nitrogens with one attached hydrogen (secondary N) is 3. The van der Waals surface area contributed by atoms with Gasteiger partial charge in [-0.2, -0.15) is 5.10 Å². The van der Waals surface area contributed by atoms with Crippen LogP contribution in [0.15, 0.2) is 6.20 Å². The predicted molar refractivity (Wildman–Crippen MR) is 56.3 cm³/mol. The molecular weight excluding hydrogens is 194 g/mol. The first-order chi connectivity index (χ1) is 7.27. The summed E-state index contributed by atoms with van der Waals surface area (Å²) in [5.74, 6) is 0.687. The van der Waals surface area contributed by atoms with E-state index >= 15 is 0 Å². The minimum absolute atomic E-state index is 0.159. The molecule has 1 aliphatic heterocycles. The fourth-order valence-corrected chi connectivity index (χ4v) is 1.70. The first-order valence-electron chi connectivity index (χ1n) is 5.05. The maximum absolute atomic E-state index is 11.6. The van der Waals surface area contributed by atoms with Crippen LogP contribution in [-0.4, -0.2) is 35.7 Å². The molecular formula is C9H15N5O. The molecule has 6 nitrogen and oxygen atoms in total. The second kappa shape index (κ2) is 4.31. The zero-order valence-electron chi connectivity index (χ0n) is 8.42. The Kier molecular flexibility index (Phi) is 2.86. The lowest BCUT2D eigenvalue weighted by Gasteiger charge is -2.09. The van der Waals surface area contributed by atoms with E-state index < -0.39 is 0 Å². The second-order valence-electron chi connectivity index (χ2n) is 3.77. The van der Waals surface area contributed by atoms with Crippen LogP contribution in [0.4, 0.5) is 5.82 Å². The molecule has 0 aromatic carbocycles. The van der Waals surface area contributed by atoms with Crippen LogP contribution in [-0.2, 0) is 0 Å². The largest absolute Gasteiger partial charge is 0.383 e. The molecule has 1 amide bonds. The molecule has 0 aliphatic carbocycles. The van der Waals surface area contributed by atoms with Gasteiger partial charge in [-0.15, -0.1) is 0 Å². The normalized spacial score (nSPS) is 20.4. The highest BCUT2D eigenvalue weighted by Crippen LogP contribution is 2.08. The Labute approximate surface area is 87.6 Å². The Morgan fingerprint density at radius 3 is 3.20 bits per heavy atom. The highest BCUT2D eigenvalue weighted by atomic mass is 16.1. The third-order valence-corrected chi connectivity index (χ3v) is 2.63. The van der Waals surface area contributed by atoms with Crippen LogP contribution >= 0.6 is 0 Å². The molecule has 0 saturated carbocycles. The quantitative estimate of drug-likeness (QED) is 0.531. The van der Waals surface area contributed by atoms with Gasteiger partial charge in [0.2, 0.25) is 0 Å². The van der Waals surface area contributed by atoms with E-state index in [0.29, 0.717) is 23.8 Å². The van der Waals surface area contributed by atoms with Gasteiger partial charge in [0, 0.05) is 6.54 Å². The maximum Gasteiger partial charge on any atom is 0.256 e. The molecule has 1 unspecified atom stereocenters. The fourth-order valence-electron chi connectivity index (χ4n) is 1.70. The van der Waals surface area contributed by atoms with Gasteiger partial charge in [-0.1, -0.05) is 0 Å². The monoisotopic (exact) mass is 209 g/mol. The minimum atomic E-state index is -0.159. The third-order valence-electron chi connectivity index (χ3n) is 2.63. The predicted octanol–water partition coefficient (Wildman–Crippen LogP) is -0.669. The number of carbonyl (C=O) groups is 1. The first-order valence-corrected chi connectivity index (χ1v) is 5.05. The zero-order chi connectivity index (χ0) is 10.7. The number of aromatic amines is 1. The van der Waals surface area contributed by atoms with Crippen LogP contribution in [0.2, 0.25) is 0 Å². The SMILES string of the molecule is Nc1[nH]ncc1C(=O)NCC1CCNC1. The van der Waals surface area contributed by atoms with Crippen molar-refractivity contribution in [1.82, 2.24) is 20.8 Å². The van der Waals surface area contributed by atoms with Crippen molar-refractivity contribution in [3.05, 3.63) is 11.8 Å². The maximum atomic E-state index is 11.6. The van der Waals surface area contributed by atoms with Crippen molar-refractivity contribution >= 4 is 11.7 Å². The molecule has 82 valence electrons. The molecule has 1 saturated heterocycles. The molecule has 1 aromatic heterocycles. The summed E-state index contributed by atoms with van der Waals surface area (Å²) < 4.78 is 0. The average molecular weight is 209 g/mol. The van der Waals surface area contributed by atoms with Crippen LogP contribution in [0.5, 0.6) is 0 Å². The number of nitrogens with zero attached hydrogens (tertiary/aromatic N) is 1. The highest BCUT2D eigenvalue weighted by Gasteiger charge is 2.17. The summed E-state index contributed by atoms with van der Waals surface area (Å²) in [6.45, 7) is 2.70. The highest BCUT2D eigenvalue weighted by molar-refractivity contribution is 5.98. The number of H-pyrrole nitrogens is 1. The Hall–Kier alpha value is -1.56. The molecule has 0 spiro atoms. The van der Waals surface area contributed by atoms with E-state index in [4.69, 9.17) is 5.73 Å². The van der Waals surface area contributed by atoms with Gasteiger partial charge in [0.25, 0.3) is 5.91 Å². The Morgan fingerprint density at radius 1 is 1.73 bits per heavy atom. The van der Waals surface area contributed by atoms with Gasteiger partial charge in [-0.3, -0.25) is 9.89 Å². The molecule has 0 radical (unpaired) electrons. The van der Waals surface area contributed by atoms with Crippen molar-refractivity contribution in [2.24, 2.45) is 5.92 Å². The minimum Gasteiger partial charge on any atom is -0.383 e. The summed E-state index contributed by atoms with van der Waals surface area (Å²) in [6, 6.07) is 0. The molecule has 2 rings (SSSR count). The Morgan fingerprint density at radius 2 is 2.60 bits per heavy atom. The molecule has 1 fully saturated rings. The summed E-state index contributed by atoms with van der Waals surface area (Å²) in [5.41, 5.74) is 5.95. The van der Waals surface area contributed by atoms with Gasteiger partial charge in [-0.25, -0.2) is 0 Å². The molecule has 1 aromatic rings. The van der Waals surface area contributed by atoms with Gasteiger partial charge < -0.3 is 16.4 Å². The zero-order valence-corrected chi connectivity index (χ0v) is 8.42. The number of nitrogens with two attached hydrogens (primary N) is 1. The van der Waals surface area contributed by atoms with Gasteiger partial charge in [0.1, 0.15) is 11.4 Å². The van der Waals surface area contributed by atoms with E-state index in [-0.39, 0.29) is 5.91 Å². The number of rotatable bonds is 3. The molecule has 6 heteroatoms.